The molecule has 0 unspecified atom stereocenters. The lowest BCUT2D eigenvalue weighted by molar-refractivity contribution is 0.140. The van der Waals surface area contributed by atoms with Gasteiger partial charge in [0, 0.05) is 18.6 Å². The molecule has 0 radical (unpaired) electrons. The van der Waals surface area contributed by atoms with Crippen molar-refractivity contribution in [1.29, 1.82) is 0 Å². The first-order valence-corrected chi connectivity index (χ1v) is 12.2. The second-order valence-electron chi connectivity index (χ2n) is 9.75. The predicted molar refractivity (Wildman–Crippen MR) is 116 cm³/mol. The van der Waals surface area contributed by atoms with Gasteiger partial charge in [0.2, 0.25) is 0 Å². The van der Waals surface area contributed by atoms with Gasteiger partial charge < -0.3 is 5.11 Å². The number of unbranched alkanes of at least 4 members (excludes halogenated alkanes) is 1. The topological polar surface area (TPSA) is 20.2 Å². The van der Waals surface area contributed by atoms with Gasteiger partial charge in [0.25, 0.3) is 0 Å². The van der Waals surface area contributed by atoms with Crippen LogP contribution in [0.5, 0.6) is 0 Å². The maximum Gasteiger partial charge on any atom is 0.129 e. The molecule has 0 amide bonds. The minimum absolute atomic E-state index is 0.0150. The van der Waals surface area contributed by atoms with E-state index in [2.05, 4.69) is 6.92 Å². The number of aryl methyl sites for hydroxylation is 1. The van der Waals surface area contributed by atoms with E-state index in [4.69, 9.17) is 5.11 Å². The molecule has 1 aromatic rings. The quantitative estimate of drug-likeness (QED) is 0.458. The van der Waals surface area contributed by atoms with Crippen LogP contribution in [0.2, 0.25) is 0 Å². The molecule has 0 aliphatic heterocycles. The first kappa shape index (κ1) is 22.7. The summed E-state index contributed by atoms with van der Waals surface area (Å²) in [5.74, 6) is 2.56. The molecule has 1 nitrogen and oxygen atoms in total. The molecule has 3 heteroatoms. The lowest BCUT2D eigenvalue weighted by Gasteiger charge is -2.38. The zero-order valence-electron chi connectivity index (χ0n) is 18.3. The van der Waals surface area contributed by atoms with Crippen LogP contribution in [0.15, 0.2) is 12.1 Å². The summed E-state index contributed by atoms with van der Waals surface area (Å²) in [4.78, 5) is 0. The van der Waals surface area contributed by atoms with Crippen molar-refractivity contribution in [3.8, 4) is 0 Å². The average molecular weight is 407 g/mol. The van der Waals surface area contributed by atoms with Gasteiger partial charge in [-0.3, -0.25) is 0 Å². The van der Waals surface area contributed by atoms with Crippen LogP contribution in [-0.2, 0) is 12.8 Å². The molecule has 0 bridgehead atoms. The standard InChI is InChI=1S/C26H40F2O/c1-2-3-4-19-7-11-22(12-8-19)23-13-9-20(10-14-23)5-6-21-17-25(27)24(15-16-29)26(28)18-21/h17-20,22-23,29H,2-16H2,1H3. The van der Waals surface area contributed by atoms with E-state index in [1.165, 1.54) is 82.8 Å². The third-order valence-corrected chi connectivity index (χ3v) is 7.82. The number of rotatable bonds is 9. The molecule has 0 heterocycles. The molecule has 1 aromatic carbocycles. The van der Waals surface area contributed by atoms with Crippen molar-refractivity contribution in [1.82, 2.24) is 0 Å². The third-order valence-electron chi connectivity index (χ3n) is 7.82. The van der Waals surface area contributed by atoms with Gasteiger partial charge in [-0.25, -0.2) is 8.78 Å². The van der Waals surface area contributed by atoms with Crippen molar-refractivity contribution in [2.75, 3.05) is 6.61 Å². The van der Waals surface area contributed by atoms with E-state index in [0.717, 1.165) is 36.2 Å². The van der Waals surface area contributed by atoms with Crippen molar-refractivity contribution < 1.29 is 13.9 Å². The monoisotopic (exact) mass is 406 g/mol. The maximum atomic E-state index is 14.1. The summed E-state index contributed by atoms with van der Waals surface area (Å²) in [6.07, 6.45) is 17.1. The Balaban J connectivity index is 1.39. The third kappa shape index (κ3) is 6.51. The van der Waals surface area contributed by atoms with Crippen molar-refractivity contribution in [2.24, 2.45) is 23.7 Å². The van der Waals surface area contributed by atoms with E-state index < -0.39 is 11.6 Å². The van der Waals surface area contributed by atoms with Crippen LogP contribution in [-0.4, -0.2) is 11.7 Å². The van der Waals surface area contributed by atoms with Gasteiger partial charge in [-0.1, -0.05) is 51.9 Å². The van der Waals surface area contributed by atoms with Gasteiger partial charge in [0.15, 0.2) is 0 Å². The summed E-state index contributed by atoms with van der Waals surface area (Å²) in [5.41, 5.74) is 0.774. The largest absolute Gasteiger partial charge is 0.396 e. The van der Waals surface area contributed by atoms with Gasteiger partial charge in [-0.2, -0.15) is 0 Å². The highest BCUT2D eigenvalue weighted by atomic mass is 19.1. The van der Waals surface area contributed by atoms with Crippen LogP contribution in [0.1, 0.15) is 95.1 Å². The summed E-state index contributed by atoms with van der Waals surface area (Å²) in [6.45, 7) is 2.07. The van der Waals surface area contributed by atoms with E-state index in [1.807, 2.05) is 0 Å². The van der Waals surface area contributed by atoms with Crippen molar-refractivity contribution in [3.05, 3.63) is 34.9 Å². The Labute approximate surface area is 176 Å². The molecule has 2 saturated carbocycles. The van der Waals surface area contributed by atoms with Crippen LogP contribution in [0.3, 0.4) is 0 Å². The molecule has 0 spiro atoms. The molecule has 2 aliphatic rings. The fourth-order valence-electron chi connectivity index (χ4n) is 5.91. The molecule has 0 aromatic heterocycles. The Morgan fingerprint density at radius 2 is 1.31 bits per heavy atom. The molecule has 29 heavy (non-hydrogen) atoms. The van der Waals surface area contributed by atoms with Gasteiger partial charge in [-0.05, 0) is 79.9 Å². The normalized spacial score (nSPS) is 27.9. The summed E-state index contributed by atoms with van der Waals surface area (Å²) in [7, 11) is 0. The SMILES string of the molecule is CCCCC1CCC(C2CCC(CCc3cc(F)c(CCO)c(F)c3)CC2)CC1. The van der Waals surface area contributed by atoms with E-state index in [-0.39, 0.29) is 18.6 Å². The highest BCUT2D eigenvalue weighted by molar-refractivity contribution is 5.26. The number of hydrogen-bond donors (Lipinski definition) is 1. The Morgan fingerprint density at radius 1 is 0.793 bits per heavy atom. The van der Waals surface area contributed by atoms with Crippen LogP contribution in [0.25, 0.3) is 0 Å². The van der Waals surface area contributed by atoms with E-state index in [1.54, 1.807) is 0 Å². The fourth-order valence-corrected chi connectivity index (χ4v) is 5.91. The summed E-state index contributed by atoms with van der Waals surface area (Å²) < 4.78 is 28.1. The lowest BCUT2D eigenvalue weighted by atomic mass is 9.68. The minimum Gasteiger partial charge on any atom is -0.396 e. The number of halogens is 2. The van der Waals surface area contributed by atoms with Crippen molar-refractivity contribution >= 4 is 0 Å². The van der Waals surface area contributed by atoms with Gasteiger partial charge in [0.1, 0.15) is 11.6 Å². The van der Waals surface area contributed by atoms with Gasteiger partial charge >= 0.3 is 0 Å². The predicted octanol–water partition coefficient (Wildman–Crippen LogP) is 7.24. The van der Waals surface area contributed by atoms with Gasteiger partial charge in [0.05, 0.1) is 0 Å². The zero-order valence-corrected chi connectivity index (χ0v) is 18.3. The number of hydrogen-bond acceptors (Lipinski definition) is 1. The van der Waals surface area contributed by atoms with E-state index >= 15 is 0 Å². The number of benzene rings is 1. The summed E-state index contributed by atoms with van der Waals surface area (Å²) in [5, 5.41) is 8.94. The van der Waals surface area contributed by atoms with Crippen molar-refractivity contribution in [3.63, 3.8) is 0 Å². The highest BCUT2D eigenvalue weighted by Crippen LogP contribution is 2.43. The Hall–Kier alpha value is -0.960. The Kier molecular flexibility index (Phi) is 8.96. The van der Waals surface area contributed by atoms with Gasteiger partial charge in [-0.15, -0.1) is 0 Å². The molecule has 1 N–H and O–H groups in total. The molecule has 2 aliphatic carbocycles. The zero-order chi connectivity index (χ0) is 20.6. The average Bonchev–Trinajstić information content (AvgIpc) is 2.74. The molecule has 164 valence electrons. The maximum absolute atomic E-state index is 14.1. The lowest BCUT2D eigenvalue weighted by Crippen LogP contribution is -2.26. The Bertz CT molecular complexity index is 590. The Morgan fingerprint density at radius 3 is 1.79 bits per heavy atom. The van der Waals surface area contributed by atoms with E-state index in [9.17, 15) is 8.78 Å². The molecule has 0 atom stereocenters. The number of aliphatic hydroxyl groups excluding tert-OH is 1. The second kappa shape index (κ2) is 11.4. The first-order chi connectivity index (χ1) is 14.1. The van der Waals surface area contributed by atoms with Crippen LogP contribution >= 0.6 is 0 Å². The van der Waals surface area contributed by atoms with Crippen LogP contribution < -0.4 is 0 Å². The summed E-state index contributed by atoms with van der Waals surface area (Å²) >= 11 is 0. The number of aliphatic hydroxyl groups is 1. The first-order valence-electron chi connectivity index (χ1n) is 12.2. The van der Waals surface area contributed by atoms with E-state index in [0.29, 0.717) is 5.92 Å². The molecule has 2 fully saturated rings. The molecular formula is C26H40F2O. The van der Waals surface area contributed by atoms with Crippen LogP contribution in [0, 0.1) is 35.3 Å². The second-order valence-corrected chi connectivity index (χ2v) is 9.75. The molecule has 3 rings (SSSR count). The van der Waals surface area contributed by atoms with Crippen LogP contribution in [0.4, 0.5) is 8.78 Å². The molecular weight excluding hydrogens is 366 g/mol. The minimum atomic E-state index is -0.507. The van der Waals surface area contributed by atoms with Crippen molar-refractivity contribution in [2.45, 2.75) is 96.8 Å². The highest BCUT2D eigenvalue weighted by Gasteiger charge is 2.30. The fraction of sp³-hybridized carbons (Fsp3) is 0.769. The molecule has 0 saturated heterocycles. The summed E-state index contributed by atoms with van der Waals surface area (Å²) in [6, 6.07) is 2.94. The smallest absolute Gasteiger partial charge is 0.129 e.